The van der Waals surface area contributed by atoms with Crippen LogP contribution in [0.2, 0.25) is 0 Å². The predicted octanol–water partition coefficient (Wildman–Crippen LogP) is 4.39. The van der Waals surface area contributed by atoms with Gasteiger partial charge in [-0.1, -0.05) is 37.6 Å². The van der Waals surface area contributed by atoms with Gasteiger partial charge in [0.05, 0.1) is 30.5 Å². The maximum atomic E-state index is 11.4. The number of nitrogens with zero attached hydrogens (tertiary/aromatic N) is 4. The third-order valence-corrected chi connectivity index (χ3v) is 7.09. The first-order valence-electron chi connectivity index (χ1n) is 13.2. The summed E-state index contributed by atoms with van der Waals surface area (Å²) in [5.41, 5.74) is 11.6. The number of nitrogens with two attached hydrogens (primary N) is 1. The highest BCUT2D eigenvalue weighted by molar-refractivity contribution is 5.76. The molecule has 1 aliphatic heterocycles. The van der Waals surface area contributed by atoms with Crippen LogP contribution in [-0.4, -0.2) is 60.6 Å². The summed E-state index contributed by atoms with van der Waals surface area (Å²) in [6, 6.07) is 12.4. The molecule has 1 fully saturated rings. The molecule has 1 aromatic heterocycles. The first-order chi connectivity index (χ1) is 18.2. The molecule has 3 aromatic rings. The molecule has 0 spiro atoms. The van der Waals surface area contributed by atoms with Gasteiger partial charge >= 0.3 is 0 Å². The molecule has 0 saturated carbocycles. The highest BCUT2D eigenvalue weighted by Crippen LogP contribution is 2.33. The number of carbonyl (C=O) groups excluding carboxylic acids is 1. The van der Waals surface area contributed by atoms with Crippen LogP contribution >= 0.6 is 0 Å². The van der Waals surface area contributed by atoms with Gasteiger partial charge in [0.2, 0.25) is 5.91 Å². The van der Waals surface area contributed by atoms with Crippen molar-refractivity contribution < 1.29 is 14.3 Å². The molecule has 4 rings (SSSR count). The SMILES string of the molecule is COc1ccc(C)cc1-c1nc(C)c(COc2cc(C(C)C)ccc2C)c(N2CCN(CC(N)=O)CC2)n1. The molecule has 1 aliphatic rings. The van der Waals surface area contributed by atoms with E-state index >= 15 is 0 Å². The molecule has 2 heterocycles. The summed E-state index contributed by atoms with van der Waals surface area (Å²) < 4.78 is 12.0. The molecule has 0 bridgehead atoms. The van der Waals surface area contributed by atoms with Crippen molar-refractivity contribution >= 4 is 11.7 Å². The Labute approximate surface area is 225 Å². The Bertz CT molecular complexity index is 1300. The normalized spacial score (nSPS) is 14.1. The van der Waals surface area contributed by atoms with Crippen molar-refractivity contribution in [1.82, 2.24) is 14.9 Å². The second-order valence-electron chi connectivity index (χ2n) is 10.3. The van der Waals surface area contributed by atoms with Crippen molar-refractivity contribution in [3.8, 4) is 22.9 Å². The number of rotatable bonds is 9. The lowest BCUT2D eigenvalue weighted by Gasteiger charge is -2.36. The van der Waals surface area contributed by atoms with Crippen LogP contribution in [0, 0.1) is 20.8 Å². The van der Waals surface area contributed by atoms with Crippen LogP contribution in [0.5, 0.6) is 11.5 Å². The molecular formula is C30H39N5O3. The number of ether oxygens (including phenoxy) is 2. The third kappa shape index (κ3) is 6.25. The number of carbonyl (C=O) groups is 1. The van der Waals surface area contributed by atoms with Crippen molar-refractivity contribution in [3.63, 3.8) is 0 Å². The van der Waals surface area contributed by atoms with E-state index in [1.165, 1.54) is 5.56 Å². The first kappa shape index (κ1) is 27.4. The molecule has 0 radical (unpaired) electrons. The van der Waals surface area contributed by atoms with Crippen molar-refractivity contribution in [3.05, 3.63) is 64.3 Å². The zero-order chi connectivity index (χ0) is 27.4. The van der Waals surface area contributed by atoms with Gasteiger partial charge in [-0.25, -0.2) is 9.97 Å². The monoisotopic (exact) mass is 517 g/mol. The fourth-order valence-electron chi connectivity index (χ4n) is 4.75. The number of benzene rings is 2. The Morgan fingerprint density at radius 1 is 1.00 bits per heavy atom. The predicted molar refractivity (Wildman–Crippen MR) is 151 cm³/mol. The van der Waals surface area contributed by atoms with Gasteiger partial charge in [0.1, 0.15) is 23.9 Å². The van der Waals surface area contributed by atoms with E-state index in [0.717, 1.165) is 71.4 Å². The second kappa shape index (κ2) is 11.8. The molecule has 2 N–H and O–H groups in total. The van der Waals surface area contributed by atoms with Crippen LogP contribution in [0.4, 0.5) is 5.82 Å². The number of piperazine rings is 1. The lowest BCUT2D eigenvalue weighted by Crippen LogP contribution is -2.49. The van der Waals surface area contributed by atoms with Crippen molar-refractivity contribution in [2.24, 2.45) is 5.73 Å². The molecule has 1 saturated heterocycles. The molecule has 202 valence electrons. The molecule has 1 amide bonds. The number of methoxy groups -OCH3 is 1. The first-order valence-corrected chi connectivity index (χ1v) is 13.2. The quantitative estimate of drug-likeness (QED) is 0.450. The smallest absolute Gasteiger partial charge is 0.231 e. The Hall–Kier alpha value is -3.65. The van der Waals surface area contributed by atoms with E-state index in [9.17, 15) is 4.79 Å². The Morgan fingerprint density at radius 2 is 1.74 bits per heavy atom. The Kier molecular flexibility index (Phi) is 8.52. The Morgan fingerprint density at radius 3 is 2.39 bits per heavy atom. The average molecular weight is 518 g/mol. The zero-order valence-electron chi connectivity index (χ0n) is 23.4. The summed E-state index contributed by atoms with van der Waals surface area (Å²) in [6.07, 6.45) is 0. The molecule has 8 nitrogen and oxygen atoms in total. The maximum absolute atomic E-state index is 11.4. The topological polar surface area (TPSA) is 93.8 Å². The number of hydrogen-bond acceptors (Lipinski definition) is 7. The number of primary amides is 1. The Balaban J connectivity index is 1.71. The van der Waals surface area contributed by atoms with Gasteiger partial charge in [0.15, 0.2) is 5.82 Å². The highest BCUT2D eigenvalue weighted by atomic mass is 16.5. The average Bonchev–Trinajstić information content (AvgIpc) is 2.88. The number of aryl methyl sites for hydroxylation is 3. The number of anilines is 1. The summed E-state index contributed by atoms with van der Waals surface area (Å²) in [5.74, 6) is 3.19. The molecule has 2 aromatic carbocycles. The summed E-state index contributed by atoms with van der Waals surface area (Å²) in [6.45, 7) is 14.0. The highest BCUT2D eigenvalue weighted by Gasteiger charge is 2.25. The van der Waals surface area contributed by atoms with Gasteiger partial charge in [0, 0.05) is 26.2 Å². The third-order valence-electron chi connectivity index (χ3n) is 7.09. The summed E-state index contributed by atoms with van der Waals surface area (Å²) in [5, 5.41) is 0. The van der Waals surface area contributed by atoms with Crippen molar-refractivity contribution in [1.29, 1.82) is 0 Å². The van der Waals surface area contributed by atoms with E-state index < -0.39 is 0 Å². The van der Waals surface area contributed by atoms with E-state index in [0.29, 0.717) is 18.3 Å². The molecule has 38 heavy (non-hydrogen) atoms. The summed E-state index contributed by atoms with van der Waals surface area (Å²) in [4.78, 5) is 25.8. The lowest BCUT2D eigenvalue weighted by molar-refractivity contribution is -0.119. The number of hydrogen-bond donors (Lipinski definition) is 1. The van der Waals surface area contributed by atoms with Gasteiger partial charge in [0.25, 0.3) is 0 Å². The molecule has 0 aliphatic carbocycles. The largest absolute Gasteiger partial charge is 0.496 e. The number of aromatic nitrogens is 2. The van der Waals surface area contributed by atoms with Gasteiger partial charge in [-0.15, -0.1) is 0 Å². The van der Waals surface area contributed by atoms with Gasteiger partial charge < -0.3 is 20.1 Å². The van der Waals surface area contributed by atoms with Crippen LogP contribution in [0.25, 0.3) is 11.4 Å². The second-order valence-corrected chi connectivity index (χ2v) is 10.3. The maximum Gasteiger partial charge on any atom is 0.231 e. The molecule has 8 heteroatoms. The van der Waals surface area contributed by atoms with Gasteiger partial charge in [-0.2, -0.15) is 0 Å². The fourth-order valence-corrected chi connectivity index (χ4v) is 4.75. The zero-order valence-corrected chi connectivity index (χ0v) is 23.4. The van der Waals surface area contributed by atoms with E-state index in [1.807, 2.05) is 26.0 Å². The van der Waals surface area contributed by atoms with Crippen LogP contribution in [-0.2, 0) is 11.4 Å². The summed E-state index contributed by atoms with van der Waals surface area (Å²) >= 11 is 0. The van der Waals surface area contributed by atoms with Crippen LogP contribution in [0.1, 0.15) is 47.7 Å². The lowest BCUT2D eigenvalue weighted by atomic mass is 10.0. The van der Waals surface area contributed by atoms with E-state index in [1.54, 1.807) is 7.11 Å². The van der Waals surface area contributed by atoms with Crippen molar-refractivity contribution in [2.75, 3.05) is 44.7 Å². The van der Waals surface area contributed by atoms with Crippen LogP contribution < -0.4 is 20.1 Å². The molecular weight excluding hydrogens is 478 g/mol. The minimum atomic E-state index is -0.307. The standard InChI is InChI=1S/C30H39N5O3/c1-19(2)23-9-8-21(4)27(16-23)38-18-25-22(5)32-29(24-15-20(3)7-10-26(24)37-6)33-30(25)35-13-11-34(12-14-35)17-28(31)36/h7-10,15-16,19H,11-14,17-18H2,1-6H3,(H2,31,36). The minimum absolute atomic E-state index is 0.268. The van der Waals surface area contributed by atoms with Crippen LogP contribution in [0.3, 0.4) is 0 Å². The minimum Gasteiger partial charge on any atom is -0.496 e. The van der Waals surface area contributed by atoms with E-state index in [4.69, 9.17) is 25.2 Å². The number of amides is 1. The van der Waals surface area contributed by atoms with E-state index in [2.05, 4.69) is 54.8 Å². The van der Waals surface area contributed by atoms with Crippen molar-refractivity contribution in [2.45, 2.75) is 47.1 Å². The fraction of sp³-hybridized carbons (Fsp3) is 0.433. The molecule has 0 unspecified atom stereocenters. The van der Waals surface area contributed by atoms with Gasteiger partial charge in [-0.05, 0) is 56.0 Å². The molecule has 0 atom stereocenters. The van der Waals surface area contributed by atoms with Crippen LogP contribution in [0.15, 0.2) is 36.4 Å². The summed E-state index contributed by atoms with van der Waals surface area (Å²) in [7, 11) is 1.66. The van der Waals surface area contributed by atoms with E-state index in [-0.39, 0.29) is 12.5 Å². The van der Waals surface area contributed by atoms with Gasteiger partial charge in [-0.3, -0.25) is 9.69 Å².